The van der Waals surface area contributed by atoms with Crippen LogP contribution in [0.3, 0.4) is 0 Å². The van der Waals surface area contributed by atoms with Crippen molar-refractivity contribution in [2.24, 2.45) is 0 Å². The summed E-state index contributed by atoms with van der Waals surface area (Å²) in [6, 6.07) is 16.4. The predicted octanol–water partition coefficient (Wildman–Crippen LogP) is 4.76. The highest BCUT2D eigenvalue weighted by Crippen LogP contribution is 2.32. The summed E-state index contributed by atoms with van der Waals surface area (Å²) >= 11 is 12.4. The van der Waals surface area contributed by atoms with Crippen molar-refractivity contribution in [3.05, 3.63) is 82.3 Å². The molecule has 0 saturated carbocycles. The fraction of sp³-hybridized carbons (Fsp3) is 0.286. The number of halogens is 2. The van der Waals surface area contributed by atoms with Gasteiger partial charge in [-0.15, -0.1) is 0 Å². The van der Waals surface area contributed by atoms with Crippen molar-refractivity contribution in [1.82, 2.24) is 10.2 Å². The molecule has 214 valence electrons. The number of methoxy groups -OCH3 is 2. The number of sulfonamides is 1. The molecule has 0 radical (unpaired) electrons. The highest BCUT2D eigenvalue weighted by atomic mass is 35.5. The first-order chi connectivity index (χ1) is 19.1. The standard InChI is InChI=1S/C28H31Cl2N3O6S/c1-5-24(28(35)31-2)32(17-19-11-12-20(29)15-23(19)30)27(34)18-33(21-9-7-6-8-10-21)40(36,37)22-13-14-25(38-3)26(16-22)39-4/h6-16,24H,5,17-18H2,1-4H3,(H,31,35)/t24-/m1/s1. The van der Waals surface area contributed by atoms with Gasteiger partial charge in [-0.2, -0.15) is 0 Å². The monoisotopic (exact) mass is 607 g/mol. The molecule has 0 aliphatic heterocycles. The number of anilines is 1. The van der Waals surface area contributed by atoms with Crippen molar-refractivity contribution in [3.8, 4) is 11.5 Å². The average Bonchev–Trinajstić information content (AvgIpc) is 2.96. The second-order valence-corrected chi connectivity index (χ2v) is 11.4. The third kappa shape index (κ3) is 6.99. The molecule has 12 heteroatoms. The van der Waals surface area contributed by atoms with Gasteiger partial charge in [0.1, 0.15) is 12.6 Å². The molecular formula is C28H31Cl2N3O6S. The Labute approximate surface area is 244 Å². The van der Waals surface area contributed by atoms with E-state index < -0.39 is 34.4 Å². The molecule has 1 N–H and O–H groups in total. The molecule has 3 aromatic rings. The van der Waals surface area contributed by atoms with E-state index in [-0.39, 0.29) is 29.3 Å². The van der Waals surface area contributed by atoms with Crippen molar-refractivity contribution < 1.29 is 27.5 Å². The minimum absolute atomic E-state index is 0.0419. The van der Waals surface area contributed by atoms with E-state index in [1.54, 1.807) is 55.5 Å². The average molecular weight is 609 g/mol. The van der Waals surface area contributed by atoms with E-state index in [2.05, 4.69) is 5.32 Å². The van der Waals surface area contributed by atoms with Crippen LogP contribution in [0.15, 0.2) is 71.6 Å². The molecule has 1 atom stereocenters. The highest BCUT2D eigenvalue weighted by Gasteiger charge is 2.34. The summed E-state index contributed by atoms with van der Waals surface area (Å²) in [7, 11) is 0.0365. The van der Waals surface area contributed by atoms with Crippen LogP contribution in [0.2, 0.25) is 10.0 Å². The van der Waals surface area contributed by atoms with Crippen LogP contribution in [-0.4, -0.2) is 59.0 Å². The van der Waals surface area contributed by atoms with Gasteiger partial charge in [0, 0.05) is 29.7 Å². The molecule has 0 aromatic heterocycles. The number of rotatable bonds is 12. The molecule has 0 bridgehead atoms. The Morgan fingerprint density at radius 1 is 0.950 bits per heavy atom. The van der Waals surface area contributed by atoms with Gasteiger partial charge >= 0.3 is 0 Å². The van der Waals surface area contributed by atoms with Crippen molar-refractivity contribution in [3.63, 3.8) is 0 Å². The number of benzene rings is 3. The number of para-hydroxylation sites is 1. The molecule has 2 amide bonds. The molecule has 0 saturated heterocycles. The van der Waals surface area contributed by atoms with Crippen LogP contribution in [0.5, 0.6) is 11.5 Å². The summed E-state index contributed by atoms with van der Waals surface area (Å²) in [5.41, 5.74) is 0.818. The summed E-state index contributed by atoms with van der Waals surface area (Å²) in [6.45, 7) is 1.14. The summed E-state index contributed by atoms with van der Waals surface area (Å²) in [4.78, 5) is 28.0. The number of nitrogens with zero attached hydrogens (tertiary/aromatic N) is 2. The van der Waals surface area contributed by atoms with E-state index in [1.807, 2.05) is 0 Å². The van der Waals surface area contributed by atoms with Gasteiger partial charge in [-0.25, -0.2) is 8.42 Å². The number of carbonyl (C=O) groups excluding carboxylic acids is 2. The first-order valence-electron chi connectivity index (χ1n) is 12.3. The molecule has 3 aromatic carbocycles. The maximum Gasteiger partial charge on any atom is 0.264 e. The lowest BCUT2D eigenvalue weighted by Gasteiger charge is -2.33. The van der Waals surface area contributed by atoms with Crippen molar-refractivity contribution >= 4 is 50.7 Å². The van der Waals surface area contributed by atoms with Gasteiger partial charge in [0.05, 0.1) is 24.8 Å². The second kappa shape index (κ2) is 13.7. The number of carbonyl (C=O) groups is 2. The summed E-state index contributed by atoms with van der Waals surface area (Å²) in [5, 5.41) is 3.31. The molecule has 0 heterocycles. The summed E-state index contributed by atoms with van der Waals surface area (Å²) in [5.74, 6) is -0.428. The Morgan fingerprint density at radius 2 is 1.62 bits per heavy atom. The SMILES string of the molecule is CC[C@H](C(=O)NC)N(Cc1ccc(Cl)cc1Cl)C(=O)CN(c1ccccc1)S(=O)(=O)c1ccc(OC)c(OC)c1. The number of ether oxygens (including phenoxy) is 2. The lowest BCUT2D eigenvalue weighted by atomic mass is 10.1. The molecule has 40 heavy (non-hydrogen) atoms. The molecule has 0 unspecified atom stereocenters. The van der Waals surface area contributed by atoms with Gasteiger partial charge in [-0.3, -0.25) is 13.9 Å². The van der Waals surface area contributed by atoms with E-state index in [1.165, 1.54) is 44.4 Å². The van der Waals surface area contributed by atoms with Gasteiger partial charge < -0.3 is 19.7 Å². The van der Waals surface area contributed by atoms with Crippen LogP contribution in [0, 0.1) is 0 Å². The van der Waals surface area contributed by atoms with Crippen LogP contribution in [0.25, 0.3) is 0 Å². The number of amides is 2. The van der Waals surface area contributed by atoms with Gasteiger partial charge in [0.25, 0.3) is 10.0 Å². The minimum atomic E-state index is -4.28. The van der Waals surface area contributed by atoms with E-state index >= 15 is 0 Å². The molecule has 0 aliphatic rings. The second-order valence-electron chi connectivity index (χ2n) is 8.66. The van der Waals surface area contributed by atoms with Crippen LogP contribution in [0.1, 0.15) is 18.9 Å². The van der Waals surface area contributed by atoms with E-state index in [4.69, 9.17) is 32.7 Å². The zero-order valence-corrected chi connectivity index (χ0v) is 24.9. The van der Waals surface area contributed by atoms with Gasteiger partial charge in [-0.05, 0) is 48.4 Å². The van der Waals surface area contributed by atoms with Crippen LogP contribution in [-0.2, 0) is 26.2 Å². The van der Waals surface area contributed by atoms with Crippen molar-refractivity contribution in [2.75, 3.05) is 32.1 Å². The molecule has 0 spiro atoms. The fourth-order valence-corrected chi connectivity index (χ4v) is 6.05. The Bertz CT molecular complexity index is 1450. The molecule has 3 rings (SSSR count). The Morgan fingerprint density at radius 3 is 2.20 bits per heavy atom. The quantitative estimate of drug-likeness (QED) is 0.318. The number of nitrogens with one attached hydrogen (secondary N) is 1. The Balaban J connectivity index is 2.09. The molecule has 0 fully saturated rings. The third-order valence-corrected chi connectivity index (χ3v) is 8.61. The minimum Gasteiger partial charge on any atom is -0.493 e. The maximum absolute atomic E-state index is 14.0. The number of likely N-dealkylation sites (N-methyl/N-ethyl adjacent to an activating group) is 1. The molecule has 0 aliphatic carbocycles. The largest absolute Gasteiger partial charge is 0.493 e. The van der Waals surface area contributed by atoms with E-state index in [0.29, 0.717) is 21.4 Å². The topological polar surface area (TPSA) is 105 Å². The lowest BCUT2D eigenvalue weighted by Crippen LogP contribution is -2.51. The normalized spacial score (nSPS) is 11.8. The van der Waals surface area contributed by atoms with Gasteiger partial charge in [0.15, 0.2) is 11.5 Å². The van der Waals surface area contributed by atoms with Gasteiger partial charge in [-0.1, -0.05) is 54.4 Å². The zero-order chi connectivity index (χ0) is 29.4. The fourth-order valence-electron chi connectivity index (χ4n) is 4.15. The first kappa shape index (κ1) is 31.1. The van der Waals surface area contributed by atoms with E-state index in [0.717, 1.165) is 4.31 Å². The van der Waals surface area contributed by atoms with E-state index in [9.17, 15) is 18.0 Å². The van der Waals surface area contributed by atoms with Crippen LogP contribution < -0.4 is 19.1 Å². The Kier molecular flexibility index (Phi) is 10.7. The van der Waals surface area contributed by atoms with Crippen molar-refractivity contribution in [1.29, 1.82) is 0 Å². The number of hydrogen-bond donors (Lipinski definition) is 1. The van der Waals surface area contributed by atoms with Gasteiger partial charge in [0.2, 0.25) is 11.8 Å². The van der Waals surface area contributed by atoms with Crippen LogP contribution >= 0.6 is 23.2 Å². The third-order valence-electron chi connectivity index (χ3n) is 6.25. The summed E-state index contributed by atoms with van der Waals surface area (Å²) in [6.07, 6.45) is 0.282. The number of hydrogen-bond acceptors (Lipinski definition) is 6. The highest BCUT2D eigenvalue weighted by molar-refractivity contribution is 7.92. The predicted molar refractivity (Wildman–Crippen MR) is 156 cm³/mol. The van der Waals surface area contributed by atoms with Crippen molar-refractivity contribution in [2.45, 2.75) is 30.8 Å². The first-order valence-corrected chi connectivity index (χ1v) is 14.5. The maximum atomic E-state index is 14.0. The lowest BCUT2D eigenvalue weighted by molar-refractivity contribution is -0.140. The summed E-state index contributed by atoms with van der Waals surface area (Å²) < 4.78 is 39.5. The Hall–Kier alpha value is -3.47. The van der Waals surface area contributed by atoms with Crippen LogP contribution in [0.4, 0.5) is 5.69 Å². The molecule has 9 nitrogen and oxygen atoms in total. The zero-order valence-electron chi connectivity index (χ0n) is 22.6. The molecular weight excluding hydrogens is 577 g/mol. The smallest absolute Gasteiger partial charge is 0.264 e.